The minimum Gasteiger partial charge on any atom is -0.493 e. The van der Waals surface area contributed by atoms with Crippen LogP contribution in [0, 0.1) is 5.92 Å². The lowest BCUT2D eigenvalue weighted by atomic mass is 10.1. The number of amides is 1. The Morgan fingerprint density at radius 2 is 2.17 bits per heavy atom. The van der Waals surface area contributed by atoms with Crippen LogP contribution >= 0.6 is 0 Å². The van der Waals surface area contributed by atoms with Crippen molar-refractivity contribution >= 4 is 17.0 Å². The summed E-state index contributed by atoms with van der Waals surface area (Å²) in [4.78, 5) is 18.2. The third-order valence-electron chi connectivity index (χ3n) is 4.00. The molecule has 0 aliphatic carbocycles. The van der Waals surface area contributed by atoms with Gasteiger partial charge in [-0.25, -0.2) is 4.79 Å². The van der Waals surface area contributed by atoms with Gasteiger partial charge in [0.2, 0.25) is 0 Å². The van der Waals surface area contributed by atoms with E-state index >= 15 is 0 Å². The molecule has 0 N–H and O–H groups in total. The van der Waals surface area contributed by atoms with Gasteiger partial charge in [0.1, 0.15) is 11.4 Å². The summed E-state index contributed by atoms with van der Waals surface area (Å²) < 4.78 is 11.3. The molecule has 2 aromatic rings. The van der Waals surface area contributed by atoms with Crippen LogP contribution in [0.1, 0.15) is 27.2 Å². The highest BCUT2D eigenvalue weighted by Crippen LogP contribution is 2.23. The summed E-state index contributed by atoms with van der Waals surface area (Å²) >= 11 is 0. The molecule has 1 atom stereocenters. The van der Waals surface area contributed by atoms with Crippen molar-refractivity contribution in [3.63, 3.8) is 0 Å². The molecule has 0 saturated carbocycles. The van der Waals surface area contributed by atoms with Gasteiger partial charge >= 0.3 is 6.09 Å². The second-order valence-electron chi connectivity index (χ2n) is 7.25. The molecule has 1 unspecified atom stereocenters. The molecule has 1 amide bonds. The van der Waals surface area contributed by atoms with Crippen molar-refractivity contribution in [1.82, 2.24) is 9.88 Å². The van der Waals surface area contributed by atoms with Gasteiger partial charge in [0.05, 0.1) is 12.1 Å². The first-order valence-electron chi connectivity index (χ1n) is 8.36. The lowest BCUT2D eigenvalue weighted by molar-refractivity contribution is 0.0285. The van der Waals surface area contributed by atoms with Gasteiger partial charge in [-0.05, 0) is 51.5 Å². The van der Waals surface area contributed by atoms with E-state index in [2.05, 4.69) is 4.98 Å². The van der Waals surface area contributed by atoms with Crippen LogP contribution in [0.25, 0.3) is 10.9 Å². The molecular weight excluding hydrogens is 304 g/mol. The number of rotatable bonds is 3. The number of benzene rings is 1. The number of pyridine rings is 1. The molecule has 5 nitrogen and oxygen atoms in total. The lowest BCUT2D eigenvalue weighted by Gasteiger charge is -2.24. The SMILES string of the molecule is CC(C)(C)OC(=O)N1CCC(COc2ccc3ncccc3c2)C1. The molecule has 128 valence electrons. The second kappa shape index (κ2) is 6.67. The van der Waals surface area contributed by atoms with Crippen molar-refractivity contribution in [2.45, 2.75) is 32.8 Å². The van der Waals surface area contributed by atoms with Crippen molar-refractivity contribution in [1.29, 1.82) is 0 Å². The number of fused-ring (bicyclic) bond motifs is 1. The van der Waals surface area contributed by atoms with Crippen molar-refractivity contribution in [2.75, 3.05) is 19.7 Å². The number of nitrogens with zero attached hydrogens (tertiary/aromatic N) is 2. The van der Waals surface area contributed by atoms with Gasteiger partial charge in [-0.15, -0.1) is 0 Å². The monoisotopic (exact) mass is 328 g/mol. The normalized spacial score (nSPS) is 18.0. The van der Waals surface area contributed by atoms with Crippen molar-refractivity contribution < 1.29 is 14.3 Å². The Labute approximate surface area is 142 Å². The molecule has 0 radical (unpaired) electrons. The molecule has 1 saturated heterocycles. The Hall–Kier alpha value is -2.30. The van der Waals surface area contributed by atoms with E-state index in [-0.39, 0.29) is 6.09 Å². The van der Waals surface area contributed by atoms with Crippen LogP contribution in [0.2, 0.25) is 0 Å². The molecule has 1 fully saturated rings. The smallest absolute Gasteiger partial charge is 0.410 e. The molecular formula is C19H24N2O3. The van der Waals surface area contributed by atoms with Crippen molar-refractivity contribution in [3.8, 4) is 5.75 Å². The van der Waals surface area contributed by atoms with Gasteiger partial charge in [-0.1, -0.05) is 6.07 Å². The van der Waals surface area contributed by atoms with Crippen LogP contribution in [-0.2, 0) is 4.74 Å². The van der Waals surface area contributed by atoms with Crippen LogP contribution < -0.4 is 4.74 Å². The number of carbonyl (C=O) groups excluding carboxylic acids is 1. The number of ether oxygens (including phenoxy) is 2. The fourth-order valence-corrected chi connectivity index (χ4v) is 2.82. The molecule has 0 spiro atoms. The average Bonchev–Trinajstić information content (AvgIpc) is 3.00. The van der Waals surface area contributed by atoms with Crippen molar-refractivity contribution in [3.05, 3.63) is 36.5 Å². The van der Waals surface area contributed by atoms with Gasteiger partial charge in [0, 0.05) is 30.6 Å². The molecule has 1 aliphatic rings. The summed E-state index contributed by atoms with van der Waals surface area (Å²) in [6, 6.07) is 9.85. The van der Waals surface area contributed by atoms with E-state index < -0.39 is 5.60 Å². The highest BCUT2D eigenvalue weighted by atomic mass is 16.6. The van der Waals surface area contributed by atoms with Crippen molar-refractivity contribution in [2.24, 2.45) is 5.92 Å². The predicted octanol–water partition coefficient (Wildman–Crippen LogP) is 3.87. The molecule has 24 heavy (non-hydrogen) atoms. The topological polar surface area (TPSA) is 51.7 Å². The number of hydrogen-bond donors (Lipinski definition) is 0. The van der Waals surface area contributed by atoms with Gasteiger partial charge in [-0.3, -0.25) is 4.98 Å². The standard InChI is InChI=1S/C19H24N2O3/c1-19(2,3)24-18(22)21-10-8-14(12-21)13-23-16-6-7-17-15(11-16)5-4-9-20-17/h4-7,9,11,14H,8,10,12-13H2,1-3H3. The number of hydrogen-bond acceptors (Lipinski definition) is 4. The molecule has 1 aliphatic heterocycles. The van der Waals surface area contributed by atoms with Gasteiger partial charge in [-0.2, -0.15) is 0 Å². The summed E-state index contributed by atoms with van der Waals surface area (Å²) in [6.45, 7) is 7.67. The summed E-state index contributed by atoms with van der Waals surface area (Å²) in [7, 11) is 0. The predicted molar refractivity (Wildman–Crippen MR) is 93.2 cm³/mol. The Balaban J connectivity index is 1.53. The summed E-state index contributed by atoms with van der Waals surface area (Å²) in [6.07, 6.45) is 2.49. The average molecular weight is 328 g/mol. The van der Waals surface area contributed by atoms with E-state index in [0.717, 1.165) is 29.6 Å². The summed E-state index contributed by atoms with van der Waals surface area (Å²) in [5.74, 6) is 1.17. The zero-order chi connectivity index (χ0) is 17.2. The lowest BCUT2D eigenvalue weighted by Crippen LogP contribution is -2.35. The Morgan fingerprint density at radius 3 is 2.96 bits per heavy atom. The maximum Gasteiger partial charge on any atom is 0.410 e. The molecule has 1 aromatic carbocycles. The van der Waals surface area contributed by atoms with E-state index in [1.165, 1.54) is 0 Å². The van der Waals surface area contributed by atoms with Gasteiger partial charge in [0.25, 0.3) is 0 Å². The molecule has 5 heteroatoms. The van der Waals surface area contributed by atoms with Gasteiger partial charge in [0.15, 0.2) is 0 Å². The van der Waals surface area contributed by atoms with Crippen LogP contribution in [0.15, 0.2) is 36.5 Å². The molecule has 2 heterocycles. The first-order chi connectivity index (χ1) is 11.4. The molecule has 1 aromatic heterocycles. The number of aromatic nitrogens is 1. The fraction of sp³-hybridized carbons (Fsp3) is 0.474. The van der Waals surface area contributed by atoms with E-state index in [4.69, 9.17) is 9.47 Å². The Bertz CT molecular complexity index is 724. The first kappa shape index (κ1) is 16.6. The zero-order valence-electron chi connectivity index (χ0n) is 14.5. The maximum atomic E-state index is 12.1. The largest absolute Gasteiger partial charge is 0.493 e. The van der Waals surface area contributed by atoms with Gasteiger partial charge < -0.3 is 14.4 Å². The highest BCUT2D eigenvalue weighted by molar-refractivity contribution is 5.79. The van der Waals surface area contributed by atoms with Crippen LogP contribution in [0.5, 0.6) is 5.75 Å². The van der Waals surface area contributed by atoms with Crippen LogP contribution in [0.4, 0.5) is 4.79 Å². The molecule has 0 bridgehead atoms. The minimum atomic E-state index is -0.454. The van der Waals surface area contributed by atoms with Crippen LogP contribution in [-0.4, -0.2) is 41.3 Å². The van der Waals surface area contributed by atoms with E-state index in [9.17, 15) is 4.79 Å². The quantitative estimate of drug-likeness (QED) is 0.858. The van der Waals surface area contributed by atoms with E-state index in [0.29, 0.717) is 19.1 Å². The molecule has 3 rings (SSSR count). The summed E-state index contributed by atoms with van der Waals surface area (Å²) in [5, 5.41) is 1.07. The third-order valence-corrected chi connectivity index (χ3v) is 4.00. The highest BCUT2D eigenvalue weighted by Gasteiger charge is 2.30. The minimum absolute atomic E-state index is 0.234. The summed E-state index contributed by atoms with van der Waals surface area (Å²) in [5.41, 5.74) is 0.506. The Kier molecular flexibility index (Phi) is 4.60. The third kappa shape index (κ3) is 4.16. The van der Waals surface area contributed by atoms with E-state index in [1.54, 1.807) is 11.1 Å². The maximum absolute atomic E-state index is 12.1. The number of likely N-dealkylation sites (tertiary alicyclic amines) is 1. The van der Waals surface area contributed by atoms with E-state index in [1.807, 2.05) is 51.1 Å². The first-order valence-corrected chi connectivity index (χ1v) is 8.36. The second-order valence-corrected chi connectivity index (χ2v) is 7.25. The zero-order valence-corrected chi connectivity index (χ0v) is 14.5. The Morgan fingerprint density at radius 1 is 1.33 bits per heavy atom. The fourth-order valence-electron chi connectivity index (χ4n) is 2.82. The number of carbonyl (C=O) groups is 1. The van der Waals surface area contributed by atoms with Crippen LogP contribution in [0.3, 0.4) is 0 Å².